The highest BCUT2D eigenvalue weighted by atomic mass is 35.5. The van der Waals surface area contributed by atoms with E-state index in [-0.39, 0.29) is 27.9 Å². The van der Waals surface area contributed by atoms with Gasteiger partial charge in [-0.3, -0.25) is 14.9 Å². The van der Waals surface area contributed by atoms with E-state index in [1.807, 2.05) is 0 Å². The largest absolute Gasteiger partial charge is 0.482 e. The predicted octanol–water partition coefficient (Wildman–Crippen LogP) is 3.62. The number of nitrogens with zero attached hydrogens (tertiary/aromatic N) is 2. The number of carbonyl (C=O) groups is 1. The topological polar surface area (TPSA) is 107 Å². The first-order valence-corrected chi connectivity index (χ1v) is 10.7. The Morgan fingerprint density at radius 2 is 2.00 bits per heavy atom. The quantitative estimate of drug-likeness (QED) is 0.485. The van der Waals surface area contributed by atoms with E-state index in [1.54, 1.807) is 0 Å². The molecule has 1 amide bonds. The number of carbonyl (C=O) groups excluding carboxylic acids is 1. The van der Waals surface area contributed by atoms with E-state index < -0.39 is 33.3 Å². The molecule has 1 unspecified atom stereocenters. The van der Waals surface area contributed by atoms with E-state index in [9.17, 15) is 23.3 Å². The van der Waals surface area contributed by atoms with Crippen LogP contribution < -0.4 is 9.64 Å². The minimum Gasteiger partial charge on any atom is -0.482 e. The van der Waals surface area contributed by atoms with Crippen LogP contribution in [0.4, 0.5) is 11.4 Å². The molecule has 152 valence electrons. The zero-order valence-electron chi connectivity index (χ0n) is 14.7. The molecule has 0 bridgehead atoms. The van der Waals surface area contributed by atoms with Crippen LogP contribution >= 0.6 is 23.2 Å². The summed E-state index contributed by atoms with van der Waals surface area (Å²) < 4.78 is 29.1. The average Bonchev–Trinajstić information content (AvgIpc) is 3.00. The van der Waals surface area contributed by atoms with Crippen molar-refractivity contribution in [3.63, 3.8) is 0 Å². The van der Waals surface area contributed by atoms with E-state index in [0.29, 0.717) is 5.02 Å². The number of ether oxygens (including phenoxy) is 1. The van der Waals surface area contributed by atoms with Gasteiger partial charge >= 0.3 is 0 Å². The number of nitro groups is 1. The Kier molecular flexibility index (Phi) is 6.11. The zero-order chi connectivity index (χ0) is 21.2. The molecule has 1 aliphatic rings. The Morgan fingerprint density at radius 1 is 1.24 bits per heavy atom. The summed E-state index contributed by atoms with van der Waals surface area (Å²) in [6.45, 7) is -0.464. The SMILES string of the molecule is O=C(COc1ccc(Cl)cc1Cl)N(c1cccc([N+](=O)[O-])c1)C1C=CS(=O)(=O)C1. The van der Waals surface area contributed by atoms with Gasteiger partial charge in [-0.15, -0.1) is 0 Å². The Labute approximate surface area is 176 Å². The fourth-order valence-corrected chi connectivity index (χ4v) is 4.53. The number of amides is 1. The second-order valence-electron chi connectivity index (χ2n) is 6.13. The highest BCUT2D eigenvalue weighted by Crippen LogP contribution is 2.29. The van der Waals surface area contributed by atoms with Crippen molar-refractivity contribution < 1.29 is 22.9 Å². The summed E-state index contributed by atoms with van der Waals surface area (Å²) in [6.07, 6.45) is 1.36. The van der Waals surface area contributed by atoms with E-state index in [4.69, 9.17) is 27.9 Å². The summed E-state index contributed by atoms with van der Waals surface area (Å²) in [5, 5.41) is 12.7. The second kappa shape index (κ2) is 8.40. The number of rotatable bonds is 6. The maximum atomic E-state index is 12.9. The lowest BCUT2D eigenvalue weighted by atomic mass is 10.2. The molecular weight excluding hydrogens is 443 g/mol. The third kappa shape index (κ3) is 5.06. The highest BCUT2D eigenvalue weighted by Gasteiger charge is 2.32. The molecule has 1 heterocycles. The Bertz CT molecular complexity index is 1100. The number of sulfone groups is 1. The van der Waals surface area contributed by atoms with Crippen molar-refractivity contribution in [2.45, 2.75) is 6.04 Å². The Morgan fingerprint density at radius 3 is 2.62 bits per heavy atom. The normalized spacial score (nSPS) is 17.1. The van der Waals surface area contributed by atoms with Crippen molar-refractivity contribution in [1.29, 1.82) is 0 Å². The molecule has 29 heavy (non-hydrogen) atoms. The average molecular weight is 457 g/mol. The van der Waals surface area contributed by atoms with Crippen LogP contribution in [0, 0.1) is 10.1 Å². The molecule has 1 atom stereocenters. The lowest BCUT2D eigenvalue weighted by molar-refractivity contribution is -0.384. The standard InChI is InChI=1S/C18H14Cl2N2O6S/c19-12-4-5-17(16(20)8-12)28-10-18(23)21(15-6-7-29(26,27)11-15)13-2-1-3-14(9-13)22(24)25/h1-9,15H,10-11H2. The van der Waals surface area contributed by atoms with Gasteiger partial charge in [-0.25, -0.2) is 8.42 Å². The van der Waals surface area contributed by atoms with Crippen LogP contribution in [0.2, 0.25) is 10.0 Å². The van der Waals surface area contributed by atoms with Gasteiger partial charge in [0, 0.05) is 22.6 Å². The monoisotopic (exact) mass is 456 g/mol. The maximum Gasteiger partial charge on any atom is 0.271 e. The van der Waals surface area contributed by atoms with Gasteiger partial charge < -0.3 is 9.64 Å². The summed E-state index contributed by atoms with van der Waals surface area (Å²) in [7, 11) is -3.47. The van der Waals surface area contributed by atoms with E-state index in [0.717, 1.165) is 10.3 Å². The van der Waals surface area contributed by atoms with Crippen molar-refractivity contribution in [2.24, 2.45) is 0 Å². The number of anilines is 1. The Balaban J connectivity index is 1.88. The fourth-order valence-electron chi connectivity index (χ4n) is 2.80. The Hall–Kier alpha value is -2.62. The van der Waals surface area contributed by atoms with Gasteiger partial charge in [0.25, 0.3) is 11.6 Å². The minimum absolute atomic E-state index is 0.182. The molecule has 0 spiro atoms. The first-order valence-electron chi connectivity index (χ1n) is 8.21. The number of hydrogen-bond acceptors (Lipinski definition) is 6. The smallest absolute Gasteiger partial charge is 0.271 e. The molecule has 0 aromatic heterocycles. The van der Waals surface area contributed by atoms with Crippen molar-refractivity contribution in [3.05, 3.63) is 74.1 Å². The van der Waals surface area contributed by atoms with Crippen LogP contribution in [0.15, 0.2) is 53.9 Å². The molecule has 0 fully saturated rings. The zero-order valence-corrected chi connectivity index (χ0v) is 17.0. The third-order valence-corrected chi connectivity index (χ3v) is 5.98. The molecular formula is C18H14Cl2N2O6S. The molecule has 2 aromatic rings. The fraction of sp³-hybridized carbons (Fsp3) is 0.167. The van der Waals surface area contributed by atoms with Crippen LogP contribution in [0.1, 0.15) is 0 Å². The van der Waals surface area contributed by atoms with Crippen molar-refractivity contribution in [3.8, 4) is 5.75 Å². The number of hydrogen-bond donors (Lipinski definition) is 0. The summed E-state index contributed by atoms with van der Waals surface area (Å²) in [5.74, 6) is -0.704. The van der Waals surface area contributed by atoms with Crippen molar-refractivity contribution in [2.75, 3.05) is 17.3 Å². The molecule has 3 rings (SSSR count). The van der Waals surface area contributed by atoms with Crippen LogP contribution in [-0.4, -0.2) is 37.6 Å². The molecule has 0 saturated carbocycles. The highest BCUT2D eigenvalue weighted by molar-refractivity contribution is 7.94. The third-order valence-electron chi connectivity index (χ3n) is 4.08. The predicted molar refractivity (Wildman–Crippen MR) is 109 cm³/mol. The molecule has 0 saturated heterocycles. The second-order valence-corrected chi connectivity index (χ2v) is 8.90. The maximum absolute atomic E-state index is 12.9. The van der Waals surface area contributed by atoms with Gasteiger partial charge in [-0.05, 0) is 30.3 Å². The van der Waals surface area contributed by atoms with Crippen LogP contribution in [0.3, 0.4) is 0 Å². The van der Waals surface area contributed by atoms with Gasteiger partial charge in [0.1, 0.15) is 5.75 Å². The number of benzene rings is 2. The van der Waals surface area contributed by atoms with Gasteiger partial charge in [0.15, 0.2) is 16.4 Å². The summed E-state index contributed by atoms with van der Waals surface area (Å²) in [4.78, 5) is 24.6. The summed E-state index contributed by atoms with van der Waals surface area (Å²) in [5.41, 5.74) is -0.0476. The molecule has 11 heteroatoms. The number of non-ortho nitro benzene ring substituents is 1. The molecule has 1 aliphatic heterocycles. The van der Waals surface area contributed by atoms with E-state index in [2.05, 4.69) is 0 Å². The minimum atomic E-state index is -3.47. The summed E-state index contributed by atoms with van der Waals surface area (Å²) >= 11 is 11.9. The molecule has 0 N–H and O–H groups in total. The van der Waals surface area contributed by atoms with Crippen molar-refractivity contribution >= 4 is 50.3 Å². The number of halogens is 2. The molecule has 2 aromatic carbocycles. The molecule has 0 aliphatic carbocycles. The van der Waals surface area contributed by atoms with Gasteiger partial charge in [-0.1, -0.05) is 29.3 Å². The van der Waals surface area contributed by atoms with Crippen LogP contribution in [0.5, 0.6) is 5.75 Å². The molecule has 8 nitrogen and oxygen atoms in total. The van der Waals surface area contributed by atoms with E-state index >= 15 is 0 Å². The lowest BCUT2D eigenvalue weighted by Gasteiger charge is -2.27. The first kappa shape index (κ1) is 21.1. The van der Waals surface area contributed by atoms with Gasteiger partial charge in [0.2, 0.25) is 0 Å². The van der Waals surface area contributed by atoms with Crippen LogP contribution in [0.25, 0.3) is 0 Å². The summed E-state index contributed by atoms with van der Waals surface area (Å²) in [6, 6.07) is 9.04. The number of nitro benzene ring substituents is 1. The molecule has 0 radical (unpaired) electrons. The van der Waals surface area contributed by atoms with Crippen molar-refractivity contribution in [1.82, 2.24) is 0 Å². The van der Waals surface area contributed by atoms with E-state index in [1.165, 1.54) is 48.5 Å². The first-order chi connectivity index (χ1) is 13.7. The van der Waals surface area contributed by atoms with Crippen LogP contribution in [-0.2, 0) is 14.6 Å². The lowest BCUT2D eigenvalue weighted by Crippen LogP contribution is -2.43. The van der Waals surface area contributed by atoms with Gasteiger partial charge in [0.05, 0.1) is 27.4 Å². The van der Waals surface area contributed by atoms with Gasteiger partial charge in [-0.2, -0.15) is 0 Å².